The molecule has 0 amide bonds. The Morgan fingerprint density at radius 3 is 2.31 bits per heavy atom. The van der Waals surface area contributed by atoms with Crippen molar-refractivity contribution in [1.29, 1.82) is 0 Å². The number of aryl methyl sites for hydroxylation is 2. The van der Waals surface area contributed by atoms with Gasteiger partial charge in [-0.3, -0.25) is 4.79 Å². The quantitative estimate of drug-likeness (QED) is 0.835. The summed E-state index contributed by atoms with van der Waals surface area (Å²) in [6.07, 6.45) is 0. The number of carbonyl (C=O) groups is 1. The van der Waals surface area contributed by atoms with E-state index in [4.69, 9.17) is 9.47 Å². The zero-order chi connectivity index (χ0) is 12.1. The van der Waals surface area contributed by atoms with Crippen LogP contribution in [0.1, 0.15) is 11.1 Å². The van der Waals surface area contributed by atoms with Crippen molar-refractivity contribution in [3.05, 3.63) is 27.7 Å². The van der Waals surface area contributed by atoms with E-state index >= 15 is 0 Å². The van der Waals surface area contributed by atoms with Crippen molar-refractivity contribution in [2.75, 3.05) is 20.3 Å². The number of benzene rings is 1. The van der Waals surface area contributed by atoms with Crippen molar-refractivity contribution < 1.29 is 14.3 Å². The number of ketones is 1. The minimum Gasteiger partial charge on any atom is -0.486 e. The van der Waals surface area contributed by atoms with Gasteiger partial charge < -0.3 is 9.47 Å². The smallest absolute Gasteiger partial charge is 0.195 e. The second-order valence-electron chi connectivity index (χ2n) is 3.63. The Hall–Kier alpha value is -0.870. The molecule has 1 aromatic rings. The van der Waals surface area contributed by atoms with Crippen LogP contribution in [0.15, 0.2) is 16.6 Å². The summed E-state index contributed by atoms with van der Waals surface area (Å²) in [5, 5.41) is 0. The van der Waals surface area contributed by atoms with E-state index in [0.717, 1.165) is 15.6 Å². The maximum Gasteiger partial charge on any atom is 0.195 e. The molecule has 0 aliphatic rings. The number of halogens is 1. The monoisotopic (exact) mass is 286 g/mol. The van der Waals surface area contributed by atoms with Crippen LogP contribution in [0.5, 0.6) is 5.75 Å². The largest absolute Gasteiger partial charge is 0.486 e. The molecule has 16 heavy (non-hydrogen) atoms. The summed E-state index contributed by atoms with van der Waals surface area (Å²) >= 11 is 3.48. The summed E-state index contributed by atoms with van der Waals surface area (Å²) in [6.45, 7) is 4.12. The lowest BCUT2D eigenvalue weighted by Crippen LogP contribution is -2.16. The van der Waals surface area contributed by atoms with E-state index in [-0.39, 0.29) is 19.0 Å². The molecule has 1 aromatic carbocycles. The average Bonchev–Trinajstić information content (AvgIpc) is 2.23. The number of ether oxygens (including phenoxy) is 2. The zero-order valence-electron chi connectivity index (χ0n) is 9.67. The fourth-order valence-corrected chi connectivity index (χ4v) is 1.58. The van der Waals surface area contributed by atoms with Crippen molar-refractivity contribution in [3.8, 4) is 5.75 Å². The zero-order valence-corrected chi connectivity index (χ0v) is 11.3. The number of hydrogen-bond acceptors (Lipinski definition) is 3. The van der Waals surface area contributed by atoms with E-state index in [0.29, 0.717) is 5.75 Å². The molecule has 0 saturated carbocycles. The molecule has 4 heteroatoms. The van der Waals surface area contributed by atoms with Crippen molar-refractivity contribution in [2.24, 2.45) is 0 Å². The van der Waals surface area contributed by atoms with Gasteiger partial charge in [0.2, 0.25) is 0 Å². The van der Waals surface area contributed by atoms with Crippen LogP contribution in [-0.2, 0) is 9.53 Å². The summed E-state index contributed by atoms with van der Waals surface area (Å²) in [5.41, 5.74) is 2.18. The summed E-state index contributed by atoms with van der Waals surface area (Å²) in [5.74, 6) is 0.642. The summed E-state index contributed by atoms with van der Waals surface area (Å²) in [6, 6.07) is 3.80. The van der Waals surface area contributed by atoms with Crippen molar-refractivity contribution in [2.45, 2.75) is 13.8 Å². The van der Waals surface area contributed by atoms with Gasteiger partial charge in [-0.1, -0.05) is 15.9 Å². The third-order valence-corrected chi connectivity index (χ3v) is 3.37. The van der Waals surface area contributed by atoms with Gasteiger partial charge in [0.1, 0.15) is 19.0 Å². The number of methoxy groups -OCH3 is 1. The summed E-state index contributed by atoms with van der Waals surface area (Å²) in [7, 11) is 1.49. The lowest BCUT2D eigenvalue weighted by Gasteiger charge is -2.09. The standard InChI is InChI=1S/C12H15BrO3/c1-8-4-11(5-9(2)12(8)13)16-7-10(14)6-15-3/h4-5H,6-7H2,1-3H3. The van der Waals surface area contributed by atoms with E-state index in [1.165, 1.54) is 7.11 Å². The molecule has 0 aliphatic heterocycles. The first-order chi connectivity index (χ1) is 7.54. The molecular formula is C12H15BrO3. The Morgan fingerprint density at radius 1 is 1.25 bits per heavy atom. The molecule has 0 saturated heterocycles. The van der Waals surface area contributed by atoms with E-state index < -0.39 is 0 Å². The van der Waals surface area contributed by atoms with Gasteiger partial charge >= 0.3 is 0 Å². The summed E-state index contributed by atoms with van der Waals surface area (Å²) in [4.78, 5) is 11.2. The predicted octanol–water partition coefficient (Wildman–Crippen LogP) is 2.66. The Balaban J connectivity index is 2.65. The van der Waals surface area contributed by atoms with Crippen molar-refractivity contribution in [1.82, 2.24) is 0 Å². The highest BCUT2D eigenvalue weighted by Gasteiger charge is 2.05. The molecule has 0 N–H and O–H groups in total. The minimum atomic E-state index is -0.0688. The Labute approximate surface area is 104 Å². The van der Waals surface area contributed by atoms with Gasteiger partial charge in [0.05, 0.1) is 0 Å². The maximum atomic E-state index is 11.2. The molecule has 3 nitrogen and oxygen atoms in total. The average molecular weight is 287 g/mol. The highest BCUT2D eigenvalue weighted by atomic mass is 79.9. The fourth-order valence-electron chi connectivity index (χ4n) is 1.36. The predicted molar refractivity (Wildman–Crippen MR) is 66.0 cm³/mol. The highest BCUT2D eigenvalue weighted by molar-refractivity contribution is 9.10. The molecule has 0 unspecified atom stereocenters. The first kappa shape index (κ1) is 13.2. The van der Waals surface area contributed by atoms with Gasteiger partial charge in [0.25, 0.3) is 0 Å². The van der Waals surface area contributed by atoms with Gasteiger partial charge in [0.15, 0.2) is 5.78 Å². The van der Waals surface area contributed by atoms with Crippen molar-refractivity contribution >= 4 is 21.7 Å². The second-order valence-corrected chi connectivity index (χ2v) is 4.42. The van der Waals surface area contributed by atoms with Crippen LogP contribution in [0, 0.1) is 13.8 Å². The van der Waals surface area contributed by atoms with Crippen molar-refractivity contribution in [3.63, 3.8) is 0 Å². The van der Waals surface area contributed by atoms with Gasteiger partial charge in [-0.15, -0.1) is 0 Å². The number of hydrogen-bond donors (Lipinski definition) is 0. The van der Waals surface area contributed by atoms with Gasteiger partial charge in [-0.2, -0.15) is 0 Å². The van der Waals surface area contributed by atoms with E-state index in [1.54, 1.807) is 0 Å². The molecule has 0 aliphatic carbocycles. The highest BCUT2D eigenvalue weighted by Crippen LogP contribution is 2.26. The first-order valence-electron chi connectivity index (χ1n) is 4.94. The summed E-state index contributed by atoms with van der Waals surface area (Å²) < 4.78 is 11.2. The minimum absolute atomic E-state index is 0.0500. The molecule has 0 heterocycles. The molecular weight excluding hydrogens is 272 g/mol. The van der Waals surface area contributed by atoms with Crippen LogP contribution in [0.3, 0.4) is 0 Å². The van der Waals surface area contributed by atoms with Crippen LogP contribution in [0.2, 0.25) is 0 Å². The van der Waals surface area contributed by atoms with Gasteiger partial charge in [-0.05, 0) is 37.1 Å². The number of rotatable bonds is 5. The third kappa shape index (κ3) is 3.61. The SMILES string of the molecule is COCC(=O)COc1cc(C)c(Br)c(C)c1. The first-order valence-corrected chi connectivity index (χ1v) is 5.74. The molecule has 0 spiro atoms. The normalized spacial score (nSPS) is 10.2. The van der Waals surface area contributed by atoms with Gasteiger partial charge in [-0.25, -0.2) is 0 Å². The molecule has 88 valence electrons. The Bertz CT molecular complexity index is 365. The van der Waals surface area contributed by atoms with E-state index in [2.05, 4.69) is 15.9 Å². The molecule has 1 rings (SSSR count). The second kappa shape index (κ2) is 6.01. The van der Waals surface area contributed by atoms with Crippen LogP contribution < -0.4 is 4.74 Å². The molecule has 0 radical (unpaired) electrons. The number of carbonyl (C=O) groups excluding carboxylic acids is 1. The molecule has 0 aromatic heterocycles. The van der Waals surface area contributed by atoms with Crippen LogP contribution >= 0.6 is 15.9 Å². The van der Waals surface area contributed by atoms with Crippen LogP contribution in [-0.4, -0.2) is 26.1 Å². The van der Waals surface area contributed by atoms with E-state index in [1.807, 2.05) is 26.0 Å². The lowest BCUT2D eigenvalue weighted by atomic mass is 10.1. The number of Topliss-reactive ketones (excluding diaryl/α,β-unsaturated/α-hetero) is 1. The van der Waals surface area contributed by atoms with Crippen LogP contribution in [0.4, 0.5) is 0 Å². The topological polar surface area (TPSA) is 35.5 Å². The Kier molecular flexibility index (Phi) is 4.96. The van der Waals surface area contributed by atoms with Crippen LogP contribution in [0.25, 0.3) is 0 Å². The molecule has 0 bridgehead atoms. The van der Waals surface area contributed by atoms with E-state index in [9.17, 15) is 4.79 Å². The fraction of sp³-hybridized carbons (Fsp3) is 0.417. The third-order valence-electron chi connectivity index (χ3n) is 2.12. The van der Waals surface area contributed by atoms with Gasteiger partial charge in [0, 0.05) is 11.6 Å². The maximum absolute atomic E-state index is 11.2. The lowest BCUT2D eigenvalue weighted by molar-refractivity contribution is -0.124. The molecule has 0 fully saturated rings. The Morgan fingerprint density at radius 2 is 1.81 bits per heavy atom. The molecule has 0 atom stereocenters.